The van der Waals surface area contributed by atoms with E-state index < -0.39 is 0 Å². The highest BCUT2D eigenvalue weighted by Gasteiger charge is 2.59. The SMILES string of the molecule is COc1ccc2c3c1O[C@H]1C=C(C)C=C4[C@@H](C2)N(C)CC[C@]431. The molecule has 5 rings (SSSR count). The van der Waals surface area contributed by atoms with E-state index in [1.54, 1.807) is 12.7 Å². The Morgan fingerprint density at radius 2 is 2.23 bits per heavy atom. The number of likely N-dealkylation sites (N-methyl/N-ethyl adjacent to an activating group) is 1. The summed E-state index contributed by atoms with van der Waals surface area (Å²) >= 11 is 0. The summed E-state index contributed by atoms with van der Waals surface area (Å²) in [5.41, 5.74) is 5.79. The minimum atomic E-state index is 0.0497. The molecular weight excluding hydrogens is 274 g/mol. The van der Waals surface area contributed by atoms with Gasteiger partial charge in [0.25, 0.3) is 0 Å². The van der Waals surface area contributed by atoms with Crippen LogP contribution in [0.1, 0.15) is 24.5 Å². The van der Waals surface area contributed by atoms with Crippen molar-refractivity contribution in [2.24, 2.45) is 0 Å². The summed E-state index contributed by atoms with van der Waals surface area (Å²) in [4.78, 5) is 2.51. The first-order valence-corrected chi connectivity index (χ1v) is 8.13. The van der Waals surface area contributed by atoms with Crippen LogP contribution in [-0.4, -0.2) is 37.7 Å². The highest BCUT2D eigenvalue weighted by Crippen LogP contribution is 2.61. The molecule has 114 valence electrons. The lowest BCUT2D eigenvalue weighted by Crippen LogP contribution is -2.57. The maximum atomic E-state index is 6.45. The third-order valence-electron chi connectivity index (χ3n) is 6.08. The van der Waals surface area contributed by atoms with Gasteiger partial charge >= 0.3 is 0 Å². The zero-order chi connectivity index (χ0) is 15.1. The topological polar surface area (TPSA) is 21.7 Å². The third-order valence-corrected chi connectivity index (χ3v) is 6.08. The van der Waals surface area contributed by atoms with Crippen LogP contribution in [0.2, 0.25) is 0 Å². The molecule has 0 unspecified atom stereocenters. The van der Waals surface area contributed by atoms with E-state index in [-0.39, 0.29) is 11.5 Å². The molecule has 3 heteroatoms. The van der Waals surface area contributed by atoms with Gasteiger partial charge in [-0.3, -0.25) is 4.90 Å². The summed E-state index contributed by atoms with van der Waals surface area (Å²) in [6.07, 6.45) is 7.07. The van der Waals surface area contributed by atoms with Gasteiger partial charge in [-0.05, 0) is 56.6 Å². The molecule has 3 atom stereocenters. The van der Waals surface area contributed by atoms with E-state index in [4.69, 9.17) is 9.47 Å². The number of piperidine rings is 1. The van der Waals surface area contributed by atoms with E-state index in [9.17, 15) is 0 Å². The van der Waals surface area contributed by atoms with Gasteiger partial charge in [-0.25, -0.2) is 0 Å². The molecule has 1 spiro atoms. The number of allylic oxidation sites excluding steroid dienone is 2. The van der Waals surface area contributed by atoms with Crippen LogP contribution in [0.25, 0.3) is 0 Å². The number of hydrogen-bond donors (Lipinski definition) is 0. The molecule has 2 aliphatic heterocycles. The number of likely N-dealkylation sites (tertiary alicyclic amines) is 1. The number of ether oxygens (including phenoxy) is 2. The summed E-state index contributed by atoms with van der Waals surface area (Å²) in [5.74, 6) is 1.87. The van der Waals surface area contributed by atoms with Gasteiger partial charge in [-0.2, -0.15) is 0 Å². The third kappa shape index (κ3) is 1.28. The first-order chi connectivity index (χ1) is 10.6. The van der Waals surface area contributed by atoms with Crippen molar-refractivity contribution in [2.45, 2.75) is 37.3 Å². The Morgan fingerprint density at radius 3 is 3.05 bits per heavy atom. The fourth-order valence-corrected chi connectivity index (χ4v) is 5.08. The molecule has 1 fully saturated rings. The molecule has 0 saturated carbocycles. The van der Waals surface area contributed by atoms with Crippen molar-refractivity contribution in [3.63, 3.8) is 0 Å². The van der Waals surface area contributed by atoms with Crippen LogP contribution >= 0.6 is 0 Å². The normalized spacial score (nSPS) is 34.5. The van der Waals surface area contributed by atoms with Gasteiger partial charge < -0.3 is 9.47 Å². The summed E-state index contributed by atoms with van der Waals surface area (Å²) in [5, 5.41) is 0. The minimum absolute atomic E-state index is 0.0497. The minimum Gasteiger partial charge on any atom is -0.493 e. The van der Waals surface area contributed by atoms with Gasteiger partial charge in [-0.1, -0.05) is 17.7 Å². The first kappa shape index (κ1) is 12.8. The van der Waals surface area contributed by atoms with Crippen molar-refractivity contribution in [1.29, 1.82) is 0 Å². The van der Waals surface area contributed by atoms with Gasteiger partial charge in [0, 0.05) is 11.6 Å². The summed E-state index contributed by atoms with van der Waals surface area (Å²) in [6.45, 7) is 3.32. The summed E-state index contributed by atoms with van der Waals surface area (Å²) in [6, 6.07) is 4.83. The maximum absolute atomic E-state index is 6.45. The second kappa shape index (κ2) is 3.96. The lowest BCUT2D eigenvalue weighted by Gasteiger charge is -2.52. The molecule has 0 aromatic heterocycles. The van der Waals surface area contributed by atoms with Crippen molar-refractivity contribution < 1.29 is 9.47 Å². The quantitative estimate of drug-likeness (QED) is 0.795. The molecule has 0 radical (unpaired) electrons. The first-order valence-electron chi connectivity index (χ1n) is 8.13. The van der Waals surface area contributed by atoms with Crippen LogP contribution in [0.15, 0.2) is 35.4 Å². The second-order valence-corrected chi connectivity index (χ2v) is 7.10. The van der Waals surface area contributed by atoms with Crippen LogP contribution in [0.5, 0.6) is 11.5 Å². The number of hydrogen-bond acceptors (Lipinski definition) is 3. The van der Waals surface area contributed by atoms with Gasteiger partial charge in [-0.15, -0.1) is 0 Å². The Hall–Kier alpha value is -1.74. The van der Waals surface area contributed by atoms with Crippen LogP contribution in [0.3, 0.4) is 0 Å². The lowest BCUT2D eigenvalue weighted by atomic mass is 9.57. The molecule has 1 aromatic rings. The Morgan fingerprint density at radius 1 is 1.36 bits per heavy atom. The molecule has 1 aromatic carbocycles. The highest BCUT2D eigenvalue weighted by atomic mass is 16.5. The zero-order valence-corrected chi connectivity index (χ0v) is 13.3. The van der Waals surface area contributed by atoms with E-state index in [2.05, 4.69) is 43.2 Å². The van der Waals surface area contributed by atoms with E-state index in [0.717, 1.165) is 30.9 Å². The molecule has 1 saturated heterocycles. The lowest BCUT2D eigenvalue weighted by molar-refractivity contribution is 0.117. The van der Waals surface area contributed by atoms with Crippen molar-refractivity contribution in [1.82, 2.24) is 4.90 Å². The Kier molecular flexibility index (Phi) is 2.30. The maximum Gasteiger partial charge on any atom is 0.166 e. The second-order valence-electron chi connectivity index (χ2n) is 7.10. The molecule has 4 aliphatic rings. The van der Waals surface area contributed by atoms with E-state index in [1.165, 1.54) is 16.7 Å². The smallest absolute Gasteiger partial charge is 0.166 e. The monoisotopic (exact) mass is 295 g/mol. The van der Waals surface area contributed by atoms with Crippen molar-refractivity contribution in [3.8, 4) is 11.5 Å². The number of nitrogens with zero attached hydrogens (tertiary/aromatic N) is 1. The van der Waals surface area contributed by atoms with Crippen molar-refractivity contribution >= 4 is 0 Å². The molecular formula is C19H21NO2. The van der Waals surface area contributed by atoms with Gasteiger partial charge in [0.2, 0.25) is 0 Å². The summed E-state index contributed by atoms with van der Waals surface area (Å²) in [7, 11) is 3.99. The van der Waals surface area contributed by atoms with Gasteiger partial charge in [0.05, 0.1) is 12.5 Å². The Balaban J connectivity index is 1.85. The van der Waals surface area contributed by atoms with Gasteiger partial charge in [0.15, 0.2) is 11.5 Å². The number of methoxy groups -OCH3 is 1. The molecule has 22 heavy (non-hydrogen) atoms. The highest BCUT2D eigenvalue weighted by molar-refractivity contribution is 5.67. The molecule has 2 bridgehead atoms. The van der Waals surface area contributed by atoms with E-state index in [1.807, 2.05) is 0 Å². The van der Waals surface area contributed by atoms with Crippen LogP contribution in [-0.2, 0) is 11.8 Å². The van der Waals surface area contributed by atoms with E-state index in [0.29, 0.717) is 6.04 Å². The van der Waals surface area contributed by atoms with Crippen molar-refractivity contribution in [3.05, 3.63) is 46.6 Å². The molecule has 0 amide bonds. The molecule has 2 heterocycles. The largest absolute Gasteiger partial charge is 0.493 e. The van der Waals surface area contributed by atoms with Crippen LogP contribution in [0, 0.1) is 0 Å². The fraction of sp³-hybridized carbons (Fsp3) is 0.474. The predicted octanol–water partition coefficient (Wildman–Crippen LogP) is 2.84. The average Bonchev–Trinajstić information content (AvgIpc) is 2.83. The summed E-state index contributed by atoms with van der Waals surface area (Å²) < 4.78 is 12.0. The van der Waals surface area contributed by atoms with Crippen LogP contribution in [0.4, 0.5) is 0 Å². The standard InChI is InChI=1S/C19H21NO2/c1-11-8-13-14-10-12-4-5-15(21-3)18-17(12)19(13,6-7-20(14)2)16(9-11)22-18/h4-5,8-9,14,16H,6-7,10H2,1-3H3/t14-,16+,19-/m1/s1. The number of rotatable bonds is 1. The Bertz CT molecular complexity index is 748. The fourth-order valence-electron chi connectivity index (χ4n) is 5.08. The molecule has 2 aliphatic carbocycles. The Labute approximate surface area is 131 Å². The molecule has 3 nitrogen and oxygen atoms in total. The zero-order valence-electron chi connectivity index (χ0n) is 13.3. The van der Waals surface area contributed by atoms with E-state index >= 15 is 0 Å². The molecule has 0 N–H and O–H groups in total. The number of benzene rings is 1. The average molecular weight is 295 g/mol. The predicted molar refractivity (Wildman–Crippen MR) is 85.7 cm³/mol. The van der Waals surface area contributed by atoms with Gasteiger partial charge in [0.1, 0.15) is 6.10 Å². The van der Waals surface area contributed by atoms with Crippen molar-refractivity contribution in [2.75, 3.05) is 20.7 Å². The van der Waals surface area contributed by atoms with Crippen LogP contribution < -0.4 is 9.47 Å².